The van der Waals surface area contributed by atoms with Gasteiger partial charge < -0.3 is 14.8 Å². The fraction of sp³-hybridized carbons (Fsp3) is 0.0909. The molecule has 29 heavy (non-hydrogen) atoms. The number of benzene rings is 3. The number of halogens is 2. The first kappa shape index (κ1) is 20.0. The Labute approximate surface area is 165 Å². The van der Waals surface area contributed by atoms with Crippen LogP contribution in [-0.4, -0.2) is 25.1 Å². The molecule has 0 atom stereocenters. The van der Waals surface area contributed by atoms with Gasteiger partial charge in [0, 0.05) is 0 Å². The molecule has 0 spiro atoms. The molecule has 0 aromatic heterocycles. The topological polar surface area (TPSA) is 64.6 Å². The molecular formula is C22H17F2NO4. The average molecular weight is 397 g/mol. The van der Waals surface area contributed by atoms with Crippen LogP contribution in [-0.2, 0) is 9.53 Å². The van der Waals surface area contributed by atoms with Crippen LogP contribution in [0.15, 0.2) is 78.9 Å². The molecule has 0 saturated heterocycles. The quantitative estimate of drug-likeness (QED) is 0.585. The van der Waals surface area contributed by atoms with Crippen molar-refractivity contribution in [2.45, 2.75) is 6.61 Å². The van der Waals surface area contributed by atoms with Crippen molar-refractivity contribution in [2.24, 2.45) is 0 Å². The van der Waals surface area contributed by atoms with Crippen LogP contribution in [0.3, 0.4) is 0 Å². The number of amides is 1. The number of hydrogen-bond donors (Lipinski definition) is 1. The van der Waals surface area contributed by atoms with Crippen LogP contribution in [0.1, 0.15) is 10.4 Å². The molecule has 3 rings (SSSR count). The highest BCUT2D eigenvalue weighted by molar-refractivity contribution is 5.99. The molecular weight excluding hydrogens is 380 g/mol. The van der Waals surface area contributed by atoms with Gasteiger partial charge in [0.1, 0.15) is 5.75 Å². The number of carbonyl (C=O) groups excluding carboxylic acids is 2. The van der Waals surface area contributed by atoms with Crippen LogP contribution in [0.4, 0.5) is 14.5 Å². The zero-order chi connectivity index (χ0) is 20.6. The Morgan fingerprint density at radius 2 is 1.52 bits per heavy atom. The van der Waals surface area contributed by atoms with Crippen LogP contribution in [0.2, 0.25) is 0 Å². The van der Waals surface area contributed by atoms with Crippen molar-refractivity contribution < 1.29 is 27.8 Å². The average Bonchev–Trinajstić information content (AvgIpc) is 2.74. The standard InChI is InChI=1S/C22H17F2NO4/c23-22(24)29-19-13-7-6-12-18(19)25-20(26)14-28-21(27)17-11-5-4-10-16(17)15-8-2-1-3-9-15/h1-13,22H,14H2,(H,25,26). The highest BCUT2D eigenvalue weighted by Crippen LogP contribution is 2.26. The van der Waals surface area contributed by atoms with E-state index in [0.29, 0.717) is 11.1 Å². The summed E-state index contributed by atoms with van der Waals surface area (Å²) in [6, 6.07) is 21.9. The molecule has 148 valence electrons. The summed E-state index contributed by atoms with van der Waals surface area (Å²) >= 11 is 0. The second-order valence-corrected chi connectivity index (χ2v) is 5.91. The Morgan fingerprint density at radius 1 is 0.862 bits per heavy atom. The van der Waals surface area contributed by atoms with Gasteiger partial charge in [-0.1, -0.05) is 60.7 Å². The first-order valence-electron chi connectivity index (χ1n) is 8.70. The van der Waals surface area contributed by atoms with Gasteiger partial charge in [-0.2, -0.15) is 8.78 Å². The Bertz CT molecular complexity index is 993. The van der Waals surface area contributed by atoms with Gasteiger partial charge in [-0.05, 0) is 29.3 Å². The van der Waals surface area contributed by atoms with E-state index in [4.69, 9.17) is 4.74 Å². The van der Waals surface area contributed by atoms with Crippen LogP contribution in [0.25, 0.3) is 11.1 Å². The summed E-state index contributed by atoms with van der Waals surface area (Å²) in [5, 5.41) is 2.39. The summed E-state index contributed by atoms with van der Waals surface area (Å²) in [6.07, 6.45) is 0. The second-order valence-electron chi connectivity index (χ2n) is 5.91. The van der Waals surface area contributed by atoms with Gasteiger partial charge in [0.05, 0.1) is 11.3 Å². The van der Waals surface area contributed by atoms with E-state index in [1.807, 2.05) is 30.3 Å². The smallest absolute Gasteiger partial charge is 0.387 e. The van der Waals surface area contributed by atoms with Crippen molar-refractivity contribution in [3.05, 3.63) is 84.4 Å². The Hall–Kier alpha value is -3.74. The van der Waals surface area contributed by atoms with Crippen LogP contribution in [0, 0.1) is 0 Å². The first-order valence-corrected chi connectivity index (χ1v) is 8.70. The molecule has 0 fully saturated rings. The van der Waals surface area contributed by atoms with Crippen molar-refractivity contribution in [2.75, 3.05) is 11.9 Å². The van der Waals surface area contributed by atoms with Gasteiger partial charge in [-0.25, -0.2) is 4.79 Å². The molecule has 1 amide bonds. The summed E-state index contributed by atoms with van der Waals surface area (Å²) in [6.45, 7) is -3.61. The molecule has 3 aromatic rings. The third kappa shape index (κ3) is 5.38. The van der Waals surface area contributed by atoms with E-state index in [0.717, 1.165) is 5.56 Å². The van der Waals surface area contributed by atoms with E-state index in [1.165, 1.54) is 18.2 Å². The predicted octanol–water partition coefficient (Wildman–Crippen LogP) is 4.75. The number of para-hydroxylation sites is 2. The lowest BCUT2D eigenvalue weighted by atomic mass is 10.00. The summed E-state index contributed by atoms with van der Waals surface area (Å²) in [5.74, 6) is -1.53. The van der Waals surface area contributed by atoms with E-state index in [-0.39, 0.29) is 11.4 Å². The van der Waals surface area contributed by atoms with Gasteiger partial charge in [0.2, 0.25) is 0 Å². The molecule has 5 nitrogen and oxygen atoms in total. The van der Waals surface area contributed by atoms with Gasteiger partial charge in [-0.15, -0.1) is 0 Å². The Kier molecular flexibility index (Phi) is 6.52. The molecule has 0 aliphatic heterocycles. The third-order valence-electron chi connectivity index (χ3n) is 3.94. The Balaban J connectivity index is 1.66. The number of anilines is 1. The molecule has 0 bridgehead atoms. The number of rotatable bonds is 7. The van der Waals surface area contributed by atoms with Crippen LogP contribution in [0.5, 0.6) is 5.75 Å². The van der Waals surface area contributed by atoms with E-state index in [1.54, 1.807) is 30.3 Å². The zero-order valence-corrected chi connectivity index (χ0v) is 15.2. The largest absolute Gasteiger partial charge is 0.452 e. The molecule has 0 heterocycles. The van der Waals surface area contributed by atoms with Crippen molar-refractivity contribution in [1.82, 2.24) is 0 Å². The third-order valence-corrected chi connectivity index (χ3v) is 3.94. The Morgan fingerprint density at radius 3 is 2.28 bits per heavy atom. The van der Waals surface area contributed by atoms with E-state index >= 15 is 0 Å². The molecule has 3 aromatic carbocycles. The minimum Gasteiger partial charge on any atom is -0.452 e. The lowest BCUT2D eigenvalue weighted by Crippen LogP contribution is -2.21. The molecule has 0 aliphatic carbocycles. The fourth-order valence-electron chi connectivity index (χ4n) is 2.69. The zero-order valence-electron chi connectivity index (χ0n) is 15.2. The predicted molar refractivity (Wildman–Crippen MR) is 104 cm³/mol. The van der Waals surface area contributed by atoms with E-state index < -0.39 is 25.1 Å². The summed E-state index contributed by atoms with van der Waals surface area (Å²) in [5.41, 5.74) is 1.88. The maximum Gasteiger partial charge on any atom is 0.387 e. The molecule has 0 aliphatic rings. The number of hydrogen-bond acceptors (Lipinski definition) is 4. The summed E-state index contributed by atoms with van der Waals surface area (Å²) < 4.78 is 34.4. The van der Waals surface area contributed by atoms with Crippen molar-refractivity contribution in [1.29, 1.82) is 0 Å². The van der Waals surface area contributed by atoms with Crippen molar-refractivity contribution in [3.8, 4) is 16.9 Å². The number of nitrogens with one attached hydrogen (secondary N) is 1. The summed E-state index contributed by atoms with van der Waals surface area (Å²) in [4.78, 5) is 24.6. The molecule has 1 N–H and O–H groups in total. The normalized spacial score (nSPS) is 10.4. The molecule has 0 unspecified atom stereocenters. The van der Waals surface area contributed by atoms with Gasteiger partial charge in [0.25, 0.3) is 5.91 Å². The maximum absolute atomic E-state index is 12.5. The maximum atomic E-state index is 12.5. The number of esters is 1. The van der Waals surface area contributed by atoms with Gasteiger partial charge >= 0.3 is 12.6 Å². The highest BCUT2D eigenvalue weighted by Gasteiger charge is 2.16. The van der Waals surface area contributed by atoms with Crippen LogP contribution >= 0.6 is 0 Å². The van der Waals surface area contributed by atoms with Crippen molar-refractivity contribution >= 4 is 17.6 Å². The van der Waals surface area contributed by atoms with E-state index in [9.17, 15) is 18.4 Å². The van der Waals surface area contributed by atoms with Crippen molar-refractivity contribution in [3.63, 3.8) is 0 Å². The lowest BCUT2D eigenvalue weighted by Gasteiger charge is -2.12. The molecule has 0 saturated carbocycles. The number of alkyl halides is 2. The molecule has 0 radical (unpaired) electrons. The fourth-order valence-corrected chi connectivity index (χ4v) is 2.69. The number of carbonyl (C=O) groups is 2. The lowest BCUT2D eigenvalue weighted by molar-refractivity contribution is -0.119. The minimum atomic E-state index is -3.03. The first-order chi connectivity index (χ1) is 14.0. The summed E-state index contributed by atoms with van der Waals surface area (Å²) in [7, 11) is 0. The van der Waals surface area contributed by atoms with Gasteiger partial charge in [0.15, 0.2) is 6.61 Å². The minimum absolute atomic E-state index is 0.0542. The SMILES string of the molecule is O=C(COC(=O)c1ccccc1-c1ccccc1)Nc1ccccc1OC(F)F. The van der Waals surface area contributed by atoms with Crippen LogP contribution < -0.4 is 10.1 Å². The van der Waals surface area contributed by atoms with E-state index in [2.05, 4.69) is 10.1 Å². The second kappa shape index (κ2) is 9.45. The molecule has 7 heteroatoms. The monoisotopic (exact) mass is 397 g/mol. The highest BCUT2D eigenvalue weighted by atomic mass is 19.3. The van der Waals surface area contributed by atoms with Gasteiger partial charge in [-0.3, -0.25) is 4.79 Å². The number of ether oxygens (including phenoxy) is 2.